The summed E-state index contributed by atoms with van der Waals surface area (Å²) in [4.78, 5) is 13.3. The highest BCUT2D eigenvalue weighted by Gasteiger charge is 2.23. The van der Waals surface area contributed by atoms with Gasteiger partial charge in [0.15, 0.2) is 0 Å². The summed E-state index contributed by atoms with van der Waals surface area (Å²) in [7, 11) is -2.78. The van der Waals surface area contributed by atoms with Crippen LogP contribution in [0.3, 0.4) is 0 Å². The molecule has 5 heteroatoms. The Morgan fingerprint density at radius 3 is 2.53 bits per heavy atom. The van der Waals surface area contributed by atoms with E-state index in [2.05, 4.69) is 11.6 Å². The number of hydrogen-bond donors (Lipinski definition) is 0. The van der Waals surface area contributed by atoms with E-state index in [1.807, 2.05) is 0 Å². The molecule has 1 fully saturated rings. The Balaban J connectivity index is 2.35. The quantitative estimate of drug-likeness (QED) is 0.412. The molecule has 1 heterocycles. The lowest BCUT2D eigenvalue weighted by molar-refractivity contribution is 0.460. The van der Waals surface area contributed by atoms with E-state index in [4.69, 9.17) is 0 Å². The second-order valence-corrected chi connectivity index (χ2v) is 6.26. The summed E-state index contributed by atoms with van der Waals surface area (Å²) in [6, 6.07) is 0. The summed E-state index contributed by atoms with van der Waals surface area (Å²) in [5.74, 6) is 0.937. The minimum atomic E-state index is -2.78. The fourth-order valence-corrected chi connectivity index (χ4v) is 3.35. The molecule has 84 valence electrons. The zero-order chi connectivity index (χ0) is 11.3. The van der Waals surface area contributed by atoms with E-state index < -0.39 is 9.84 Å². The molecule has 1 aliphatic rings. The molecule has 0 spiro atoms. The fourth-order valence-electron chi connectivity index (χ4n) is 1.76. The van der Waals surface area contributed by atoms with Gasteiger partial charge in [-0.25, -0.2) is 18.2 Å². The molecule has 1 rings (SSSR count). The van der Waals surface area contributed by atoms with Gasteiger partial charge in [0.25, 0.3) is 0 Å². The van der Waals surface area contributed by atoms with Crippen LogP contribution in [0.2, 0.25) is 0 Å². The molecule has 4 nitrogen and oxygen atoms in total. The first kappa shape index (κ1) is 12.1. The van der Waals surface area contributed by atoms with Gasteiger partial charge in [0, 0.05) is 0 Å². The maximum absolute atomic E-state index is 11.2. The molecule has 0 radical (unpaired) electrons. The van der Waals surface area contributed by atoms with Crippen LogP contribution in [0.4, 0.5) is 0 Å². The molecular formula is C10H15NO3S. The van der Waals surface area contributed by atoms with Crippen LogP contribution in [0, 0.1) is 5.92 Å². The van der Waals surface area contributed by atoms with Crippen molar-refractivity contribution in [3.63, 3.8) is 0 Å². The molecule has 15 heavy (non-hydrogen) atoms. The molecule has 0 unspecified atom stereocenters. The van der Waals surface area contributed by atoms with Gasteiger partial charge in [-0.05, 0) is 25.2 Å². The predicted octanol–water partition coefficient (Wildman–Crippen LogP) is 1.09. The average molecular weight is 229 g/mol. The second-order valence-electron chi connectivity index (χ2n) is 3.96. The van der Waals surface area contributed by atoms with E-state index in [0.29, 0.717) is 25.3 Å². The van der Waals surface area contributed by atoms with E-state index in [0.717, 1.165) is 12.0 Å². The van der Waals surface area contributed by atoms with Crippen molar-refractivity contribution in [1.82, 2.24) is 0 Å². The monoisotopic (exact) mass is 229 g/mol. The predicted molar refractivity (Wildman–Crippen MR) is 58.1 cm³/mol. The molecule has 0 N–H and O–H groups in total. The molecule has 0 aromatic heterocycles. The van der Waals surface area contributed by atoms with Crippen molar-refractivity contribution in [3.8, 4) is 0 Å². The summed E-state index contributed by atoms with van der Waals surface area (Å²) < 4.78 is 22.3. The van der Waals surface area contributed by atoms with Crippen LogP contribution in [0.5, 0.6) is 0 Å². The van der Waals surface area contributed by atoms with Crippen LogP contribution in [0.15, 0.2) is 17.1 Å². The normalized spacial score (nSPS) is 20.5. The highest BCUT2D eigenvalue weighted by atomic mass is 32.2. The topological polar surface area (TPSA) is 63.6 Å². The van der Waals surface area contributed by atoms with Crippen molar-refractivity contribution in [3.05, 3.63) is 12.2 Å². The van der Waals surface area contributed by atoms with Crippen molar-refractivity contribution >= 4 is 15.9 Å². The average Bonchev–Trinajstić information content (AvgIpc) is 2.18. The van der Waals surface area contributed by atoms with Gasteiger partial charge < -0.3 is 0 Å². The van der Waals surface area contributed by atoms with E-state index in [-0.39, 0.29) is 11.5 Å². The molecule has 0 bridgehead atoms. The van der Waals surface area contributed by atoms with Crippen LogP contribution < -0.4 is 0 Å². The van der Waals surface area contributed by atoms with Crippen LogP contribution >= 0.6 is 0 Å². The van der Waals surface area contributed by atoms with E-state index in [9.17, 15) is 13.2 Å². The molecule has 0 saturated carbocycles. The Morgan fingerprint density at radius 2 is 2.00 bits per heavy atom. The minimum Gasteiger partial charge on any atom is -0.229 e. The van der Waals surface area contributed by atoms with Gasteiger partial charge in [-0.15, -0.1) is 0 Å². The van der Waals surface area contributed by atoms with Crippen molar-refractivity contribution in [2.75, 3.05) is 18.1 Å². The van der Waals surface area contributed by atoms with Gasteiger partial charge in [0.2, 0.25) is 6.08 Å². The first-order chi connectivity index (χ1) is 7.03. The maximum atomic E-state index is 11.2. The largest absolute Gasteiger partial charge is 0.235 e. The van der Waals surface area contributed by atoms with Gasteiger partial charge in [0.05, 0.1) is 18.1 Å². The molecular weight excluding hydrogens is 214 g/mol. The highest BCUT2D eigenvalue weighted by Crippen LogP contribution is 2.24. The lowest BCUT2D eigenvalue weighted by Gasteiger charge is -2.22. The zero-order valence-corrected chi connectivity index (χ0v) is 9.42. The summed E-state index contributed by atoms with van der Waals surface area (Å²) in [5, 5.41) is 0. The molecule has 0 aromatic carbocycles. The third-order valence-electron chi connectivity index (χ3n) is 2.62. The minimum absolute atomic E-state index is 0.280. The lowest BCUT2D eigenvalue weighted by atomic mass is 9.95. The third kappa shape index (κ3) is 4.40. The standard InChI is InChI=1S/C10H15NO3S/c1-9(7-11-8-12)6-10-2-4-15(13,14)5-3-10/h10H,1-7H2. The molecule has 1 aliphatic heterocycles. The van der Waals surface area contributed by atoms with Crippen LogP contribution in [-0.4, -0.2) is 32.5 Å². The van der Waals surface area contributed by atoms with Crippen molar-refractivity contribution in [2.24, 2.45) is 10.9 Å². The van der Waals surface area contributed by atoms with Crippen LogP contribution in [-0.2, 0) is 14.6 Å². The van der Waals surface area contributed by atoms with Gasteiger partial charge in [0.1, 0.15) is 9.84 Å². The Labute approximate surface area is 90.0 Å². The fraction of sp³-hybridized carbons (Fsp3) is 0.700. The number of rotatable bonds is 4. The molecule has 0 amide bonds. The molecule has 0 aromatic rings. The summed E-state index contributed by atoms with van der Waals surface area (Å²) in [6.45, 7) is 4.11. The van der Waals surface area contributed by atoms with Gasteiger partial charge in [-0.3, -0.25) is 0 Å². The second kappa shape index (κ2) is 5.24. The first-order valence-electron chi connectivity index (χ1n) is 4.94. The number of nitrogens with zero attached hydrogens (tertiary/aromatic N) is 1. The Morgan fingerprint density at radius 1 is 1.40 bits per heavy atom. The molecule has 0 aliphatic carbocycles. The Bertz CT molecular complexity index is 365. The van der Waals surface area contributed by atoms with Crippen molar-refractivity contribution < 1.29 is 13.2 Å². The summed E-state index contributed by atoms with van der Waals surface area (Å²) in [6.07, 6.45) is 3.63. The number of aliphatic imine (C=N–C) groups is 1. The van der Waals surface area contributed by atoms with Gasteiger partial charge >= 0.3 is 0 Å². The lowest BCUT2D eigenvalue weighted by Crippen LogP contribution is -2.23. The summed E-state index contributed by atoms with van der Waals surface area (Å²) in [5.41, 5.74) is 0.877. The smallest absolute Gasteiger partial charge is 0.229 e. The molecule has 1 saturated heterocycles. The molecule has 0 atom stereocenters. The Kier molecular flexibility index (Phi) is 4.24. The maximum Gasteiger partial charge on any atom is 0.235 e. The highest BCUT2D eigenvalue weighted by molar-refractivity contribution is 7.91. The van der Waals surface area contributed by atoms with Crippen LogP contribution in [0.1, 0.15) is 19.3 Å². The van der Waals surface area contributed by atoms with Crippen molar-refractivity contribution in [1.29, 1.82) is 0 Å². The number of sulfone groups is 1. The zero-order valence-electron chi connectivity index (χ0n) is 8.61. The van der Waals surface area contributed by atoms with Crippen LogP contribution in [0.25, 0.3) is 0 Å². The van der Waals surface area contributed by atoms with Gasteiger partial charge in [-0.2, -0.15) is 0 Å². The number of hydrogen-bond acceptors (Lipinski definition) is 4. The SMILES string of the molecule is C=C(CN=C=O)CC1CCS(=O)(=O)CC1. The van der Waals surface area contributed by atoms with E-state index >= 15 is 0 Å². The van der Waals surface area contributed by atoms with E-state index in [1.54, 1.807) is 0 Å². The number of carbonyl (C=O) groups excluding carboxylic acids is 1. The first-order valence-corrected chi connectivity index (χ1v) is 6.76. The Hall–Kier alpha value is -0.930. The van der Waals surface area contributed by atoms with Gasteiger partial charge in [-0.1, -0.05) is 12.2 Å². The third-order valence-corrected chi connectivity index (χ3v) is 4.33. The van der Waals surface area contributed by atoms with Crippen molar-refractivity contribution in [2.45, 2.75) is 19.3 Å². The summed E-state index contributed by atoms with van der Waals surface area (Å²) >= 11 is 0. The number of isocyanates is 1. The van der Waals surface area contributed by atoms with E-state index in [1.165, 1.54) is 6.08 Å².